The zero-order valence-electron chi connectivity index (χ0n) is 5.97. The Morgan fingerprint density at radius 1 is 1.42 bits per heavy atom. The Balaban J connectivity index is 3.18. The molecule has 1 aliphatic rings. The van der Waals surface area contributed by atoms with E-state index in [9.17, 15) is 13.2 Å². The Morgan fingerprint density at radius 3 is 2.75 bits per heavy atom. The second-order valence-electron chi connectivity index (χ2n) is 2.05. The molecule has 0 bridgehead atoms. The Kier molecular flexibility index (Phi) is 2.74. The third-order valence-corrected chi connectivity index (χ3v) is 2.10. The van der Waals surface area contributed by atoms with Crippen LogP contribution in [-0.2, 0) is 15.1 Å². The average molecular weight is 183 g/mol. The van der Waals surface area contributed by atoms with Crippen molar-refractivity contribution in [2.45, 2.75) is 6.04 Å². The minimum atomic E-state index is -2.33. The molecule has 1 rings (SSSR count). The molecular weight excluding hydrogens is 178 g/mol. The second kappa shape index (κ2) is 3.80. The van der Waals surface area contributed by atoms with E-state index in [1.165, 1.54) is 18.2 Å². The number of rotatable bonds is 1. The van der Waals surface area contributed by atoms with Gasteiger partial charge in [-0.1, -0.05) is 18.2 Å². The summed E-state index contributed by atoms with van der Waals surface area (Å²) < 4.78 is 21.1. The number of aliphatic imine (C=N–C) groups is 1. The normalized spacial score (nSPS) is 20.3. The van der Waals surface area contributed by atoms with Crippen molar-refractivity contribution in [2.24, 2.45) is 4.99 Å². The van der Waals surface area contributed by atoms with Crippen LogP contribution in [0.3, 0.4) is 0 Å². The third kappa shape index (κ3) is 1.78. The van der Waals surface area contributed by atoms with E-state index in [0.717, 1.165) is 0 Å². The van der Waals surface area contributed by atoms with Crippen molar-refractivity contribution < 1.29 is 13.2 Å². The van der Waals surface area contributed by atoms with Gasteiger partial charge in [-0.25, -0.2) is 4.79 Å². The van der Waals surface area contributed by atoms with Gasteiger partial charge in [-0.15, -0.1) is 0 Å². The van der Waals surface area contributed by atoms with Crippen LogP contribution >= 0.6 is 0 Å². The Labute approximate surface area is 70.5 Å². The van der Waals surface area contributed by atoms with Crippen molar-refractivity contribution in [3.63, 3.8) is 0 Å². The first kappa shape index (κ1) is 8.64. The van der Waals surface area contributed by atoms with Crippen molar-refractivity contribution in [1.29, 1.82) is 0 Å². The summed E-state index contributed by atoms with van der Waals surface area (Å²) in [5, 5.41) is 0. The van der Waals surface area contributed by atoms with Crippen LogP contribution in [-0.4, -0.2) is 25.4 Å². The van der Waals surface area contributed by atoms with Crippen LogP contribution in [0.1, 0.15) is 0 Å². The molecule has 62 valence electrons. The van der Waals surface area contributed by atoms with Gasteiger partial charge in [-0.05, 0) is 6.08 Å². The molecule has 0 fully saturated rings. The van der Waals surface area contributed by atoms with E-state index >= 15 is 0 Å². The van der Waals surface area contributed by atoms with Gasteiger partial charge in [-0.3, -0.25) is 0 Å². The van der Waals surface area contributed by atoms with Crippen LogP contribution in [0.4, 0.5) is 0 Å². The average Bonchev–Trinajstić information content (AvgIpc) is 2.05. The molecule has 0 amide bonds. The van der Waals surface area contributed by atoms with E-state index < -0.39 is 16.3 Å². The monoisotopic (exact) mass is 183 g/mol. The lowest BCUT2D eigenvalue weighted by Gasteiger charge is -2.04. The molecule has 1 atom stereocenters. The van der Waals surface area contributed by atoms with Crippen LogP contribution in [0.25, 0.3) is 0 Å². The van der Waals surface area contributed by atoms with Gasteiger partial charge in [0.1, 0.15) is 10.9 Å². The molecule has 0 aliphatic heterocycles. The largest absolute Gasteiger partial charge is 0.235 e. The number of nitrogens with zero attached hydrogens (tertiary/aromatic N) is 1. The lowest BCUT2D eigenvalue weighted by molar-refractivity contribution is 0.563. The maximum absolute atomic E-state index is 10.5. The van der Waals surface area contributed by atoms with Crippen molar-refractivity contribution in [1.82, 2.24) is 0 Å². The van der Waals surface area contributed by atoms with Crippen LogP contribution in [0, 0.1) is 0 Å². The third-order valence-electron chi connectivity index (χ3n) is 1.34. The molecule has 0 heterocycles. The molecule has 0 aromatic carbocycles. The van der Waals surface area contributed by atoms with Gasteiger partial charge in [0.15, 0.2) is 0 Å². The standard InChI is InChI=1S/C7H5NO3S/c9-5-8-6-3-1-2-4-7(6)12(10)11/h1-4,6H. The van der Waals surface area contributed by atoms with Crippen molar-refractivity contribution >= 4 is 21.2 Å². The van der Waals surface area contributed by atoms with E-state index in [2.05, 4.69) is 4.99 Å². The highest BCUT2D eigenvalue weighted by atomic mass is 32.2. The van der Waals surface area contributed by atoms with Crippen LogP contribution in [0.15, 0.2) is 29.3 Å². The molecule has 1 aliphatic carbocycles. The molecular formula is C7H5NO3S. The Hall–Kier alpha value is -1.45. The highest BCUT2D eigenvalue weighted by Gasteiger charge is 2.12. The first-order valence-corrected chi connectivity index (χ1v) is 4.21. The summed E-state index contributed by atoms with van der Waals surface area (Å²) in [6.07, 6.45) is 7.42. The molecule has 0 aromatic heterocycles. The number of isocyanates is 1. The Morgan fingerprint density at radius 2 is 2.17 bits per heavy atom. The number of carbonyl (C=O) groups excluding carboxylic acids is 1. The topological polar surface area (TPSA) is 63.6 Å². The van der Waals surface area contributed by atoms with Gasteiger partial charge < -0.3 is 0 Å². The van der Waals surface area contributed by atoms with Gasteiger partial charge >= 0.3 is 0 Å². The predicted octanol–water partition coefficient (Wildman–Crippen LogP) is -0.132. The van der Waals surface area contributed by atoms with Crippen LogP contribution in [0.5, 0.6) is 0 Å². The highest BCUT2D eigenvalue weighted by molar-refractivity contribution is 7.73. The van der Waals surface area contributed by atoms with Crippen LogP contribution in [0.2, 0.25) is 0 Å². The zero-order valence-corrected chi connectivity index (χ0v) is 6.78. The van der Waals surface area contributed by atoms with Gasteiger partial charge in [0.25, 0.3) is 0 Å². The molecule has 0 saturated heterocycles. The quantitative estimate of drug-likeness (QED) is 0.323. The lowest BCUT2D eigenvalue weighted by Crippen LogP contribution is -2.16. The minimum absolute atomic E-state index is 0.0841. The van der Waals surface area contributed by atoms with E-state index in [0.29, 0.717) is 0 Å². The van der Waals surface area contributed by atoms with Gasteiger partial charge in [0.05, 0.1) is 0 Å². The molecule has 0 spiro atoms. The predicted molar refractivity (Wildman–Crippen MR) is 44.1 cm³/mol. The lowest BCUT2D eigenvalue weighted by atomic mass is 10.1. The minimum Gasteiger partial charge on any atom is -0.211 e. The van der Waals surface area contributed by atoms with Crippen LogP contribution < -0.4 is 0 Å². The summed E-state index contributed by atoms with van der Waals surface area (Å²) in [5.41, 5.74) is 0. The molecule has 0 aromatic rings. The van der Waals surface area contributed by atoms with Crippen molar-refractivity contribution in [2.75, 3.05) is 0 Å². The number of hydrogen-bond acceptors (Lipinski definition) is 4. The van der Waals surface area contributed by atoms with E-state index in [1.807, 2.05) is 0 Å². The summed E-state index contributed by atoms with van der Waals surface area (Å²) in [4.78, 5) is 13.3. The smallest absolute Gasteiger partial charge is 0.211 e. The highest BCUT2D eigenvalue weighted by Crippen LogP contribution is 2.03. The summed E-state index contributed by atoms with van der Waals surface area (Å²) >= 11 is 0. The summed E-state index contributed by atoms with van der Waals surface area (Å²) in [5.74, 6) is 0. The SMILES string of the molecule is O=C=NC1C=CC=CC1=S(=O)=O. The molecule has 1 unspecified atom stereocenters. The fraction of sp³-hybridized carbons (Fsp3) is 0.143. The van der Waals surface area contributed by atoms with E-state index in [4.69, 9.17) is 0 Å². The maximum Gasteiger partial charge on any atom is 0.235 e. The van der Waals surface area contributed by atoms with Gasteiger partial charge in [0, 0.05) is 0 Å². The maximum atomic E-state index is 10.5. The second-order valence-corrected chi connectivity index (χ2v) is 2.99. The van der Waals surface area contributed by atoms with Crippen molar-refractivity contribution in [3.05, 3.63) is 24.3 Å². The number of allylic oxidation sites excluding steroid dienone is 2. The molecule has 12 heavy (non-hydrogen) atoms. The molecule has 5 heteroatoms. The van der Waals surface area contributed by atoms with E-state index in [-0.39, 0.29) is 4.86 Å². The zero-order chi connectivity index (χ0) is 8.97. The molecule has 0 radical (unpaired) electrons. The molecule has 4 nitrogen and oxygen atoms in total. The van der Waals surface area contributed by atoms with Gasteiger partial charge in [0.2, 0.25) is 16.4 Å². The first-order valence-electron chi connectivity index (χ1n) is 3.13. The van der Waals surface area contributed by atoms with E-state index in [1.54, 1.807) is 12.2 Å². The van der Waals surface area contributed by atoms with Crippen molar-refractivity contribution in [3.8, 4) is 0 Å². The Bertz CT molecular complexity index is 402. The summed E-state index contributed by atoms with van der Waals surface area (Å²) in [7, 11) is -2.33. The van der Waals surface area contributed by atoms with Gasteiger partial charge in [-0.2, -0.15) is 13.4 Å². The molecule has 0 saturated carbocycles. The fourth-order valence-electron chi connectivity index (χ4n) is 0.831. The number of hydrogen-bond donors (Lipinski definition) is 0. The molecule has 0 N–H and O–H groups in total. The summed E-state index contributed by atoms with van der Waals surface area (Å²) in [6, 6.07) is -0.703. The fourth-order valence-corrected chi connectivity index (χ4v) is 1.35. The summed E-state index contributed by atoms with van der Waals surface area (Å²) in [6.45, 7) is 0. The first-order chi connectivity index (χ1) is 5.75.